The van der Waals surface area contributed by atoms with E-state index in [4.69, 9.17) is 4.74 Å². The number of methoxy groups -OCH3 is 1. The van der Waals surface area contributed by atoms with Crippen LogP contribution < -0.4 is 21.5 Å². The molecular weight excluding hydrogens is 366 g/mol. The monoisotopic (exact) mass is 395 g/mol. The van der Waals surface area contributed by atoms with E-state index in [9.17, 15) is 4.79 Å². The van der Waals surface area contributed by atoms with Crippen LogP contribution in [-0.4, -0.2) is 25.4 Å². The predicted octanol–water partition coefficient (Wildman–Crippen LogP) is 4.01. The van der Waals surface area contributed by atoms with E-state index in [1.54, 1.807) is 49.9 Å². The molecule has 7 nitrogen and oxygen atoms in total. The fourth-order valence-corrected chi connectivity index (χ4v) is 2.15. The number of carbonyl (C=O) groups is 1. The number of hydrogen-bond acceptors (Lipinski definition) is 5. The molecule has 1 aromatic rings. The molecule has 7 heteroatoms. The summed E-state index contributed by atoms with van der Waals surface area (Å²) in [5, 5.41) is 5.40. The van der Waals surface area contributed by atoms with E-state index in [2.05, 4.69) is 39.6 Å². The minimum absolute atomic E-state index is 0.199. The Labute approximate surface area is 172 Å². The number of rotatable bonds is 6. The zero-order chi connectivity index (χ0) is 21.5. The number of hydrazine groups is 1. The zero-order valence-electron chi connectivity index (χ0n) is 17.1. The molecule has 0 aromatic heterocycles. The van der Waals surface area contributed by atoms with Crippen LogP contribution in [0.2, 0.25) is 0 Å². The Kier molecular flexibility index (Phi) is 11.0. The standard InChI is InChI=1S/C20H23N5O2.C2H6/c1-4-16(13-15(2)27-3)18-11-8-12-21-19(14-22-25-18)24-20(26)23-17-9-6-5-7-10-17;1-2/h4-14,18,22,25H,1-2H2,3H3,(H2,23,24,26);1-2H3/b11-8-,16-13+,19-14+,21-12+;. The highest BCUT2D eigenvalue weighted by Crippen LogP contribution is 2.10. The van der Waals surface area contributed by atoms with Crippen molar-refractivity contribution >= 4 is 17.9 Å². The number of allylic oxidation sites excluding steroid dienone is 2. The fourth-order valence-electron chi connectivity index (χ4n) is 2.15. The molecule has 2 rings (SSSR count). The maximum absolute atomic E-state index is 12.1. The molecule has 1 heterocycles. The molecule has 4 N–H and O–H groups in total. The first-order chi connectivity index (χ1) is 14.1. The molecule has 0 bridgehead atoms. The third kappa shape index (κ3) is 8.77. The molecule has 1 aliphatic rings. The van der Waals surface area contributed by atoms with Crippen LogP contribution in [0.15, 0.2) is 96.1 Å². The van der Waals surface area contributed by atoms with E-state index < -0.39 is 6.03 Å². The molecule has 1 atom stereocenters. The molecule has 0 fully saturated rings. The Morgan fingerprint density at radius 2 is 1.97 bits per heavy atom. The fraction of sp³-hybridized carbons (Fsp3) is 0.182. The van der Waals surface area contributed by atoms with Crippen molar-refractivity contribution in [3.05, 3.63) is 91.1 Å². The highest BCUT2D eigenvalue weighted by atomic mass is 16.5. The van der Waals surface area contributed by atoms with Crippen molar-refractivity contribution in [3.63, 3.8) is 0 Å². The van der Waals surface area contributed by atoms with Crippen LogP contribution in [-0.2, 0) is 4.74 Å². The predicted molar refractivity (Wildman–Crippen MR) is 120 cm³/mol. The summed E-state index contributed by atoms with van der Waals surface area (Å²) in [5.74, 6) is 0.857. The first-order valence-corrected chi connectivity index (χ1v) is 9.24. The van der Waals surface area contributed by atoms with Gasteiger partial charge in [0.15, 0.2) is 5.82 Å². The summed E-state index contributed by atoms with van der Waals surface area (Å²) in [6.45, 7) is 11.6. The van der Waals surface area contributed by atoms with Gasteiger partial charge in [-0.05, 0) is 29.9 Å². The van der Waals surface area contributed by atoms with Crippen molar-refractivity contribution in [1.29, 1.82) is 0 Å². The lowest BCUT2D eigenvalue weighted by molar-refractivity contribution is 0.254. The largest absolute Gasteiger partial charge is 0.497 e. The minimum Gasteiger partial charge on any atom is -0.497 e. The molecule has 0 radical (unpaired) electrons. The Balaban J connectivity index is 0.00000204. The van der Waals surface area contributed by atoms with E-state index in [0.717, 1.165) is 5.57 Å². The molecule has 0 spiro atoms. The molecule has 29 heavy (non-hydrogen) atoms. The Hall–Kier alpha value is -3.58. The second-order valence-electron chi connectivity index (χ2n) is 5.42. The van der Waals surface area contributed by atoms with Crippen molar-refractivity contribution in [1.82, 2.24) is 16.2 Å². The summed E-state index contributed by atoms with van der Waals surface area (Å²) in [6.07, 6.45) is 10.3. The van der Waals surface area contributed by atoms with Gasteiger partial charge in [-0.15, -0.1) is 0 Å². The summed E-state index contributed by atoms with van der Waals surface area (Å²) in [7, 11) is 1.55. The summed E-state index contributed by atoms with van der Waals surface area (Å²) >= 11 is 0. The van der Waals surface area contributed by atoms with E-state index in [1.165, 1.54) is 0 Å². The van der Waals surface area contributed by atoms with Crippen LogP contribution in [0, 0.1) is 0 Å². The van der Waals surface area contributed by atoms with Gasteiger partial charge in [0.2, 0.25) is 0 Å². The average Bonchev–Trinajstić information content (AvgIpc) is 2.86. The molecule has 0 saturated carbocycles. The summed E-state index contributed by atoms with van der Waals surface area (Å²) in [6, 6.07) is 8.55. The number of amides is 2. The quantitative estimate of drug-likeness (QED) is 0.433. The molecular formula is C22H29N5O2. The maximum atomic E-state index is 12.1. The van der Waals surface area contributed by atoms with Gasteiger partial charge >= 0.3 is 6.03 Å². The van der Waals surface area contributed by atoms with Crippen molar-refractivity contribution in [2.45, 2.75) is 19.9 Å². The lowest BCUT2D eigenvalue weighted by Crippen LogP contribution is -2.38. The number of para-hydroxylation sites is 1. The summed E-state index contributed by atoms with van der Waals surface area (Å²) in [4.78, 5) is 16.3. The van der Waals surface area contributed by atoms with Crippen molar-refractivity contribution in [2.24, 2.45) is 4.99 Å². The van der Waals surface area contributed by atoms with Gasteiger partial charge < -0.3 is 15.5 Å². The second kappa shape index (κ2) is 13.6. The minimum atomic E-state index is -0.394. The van der Waals surface area contributed by atoms with Crippen LogP contribution in [0.5, 0.6) is 0 Å². The Morgan fingerprint density at radius 3 is 2.62 bits per heavy atom. The van der Waals surface area contributed by atoms with E-state index >= 15 is 0 Å². The highest BCUT2D eigenvalue weighted by Gasteiger charge is 2.10. The topological polar surface area (TPSA) is 86.8 Å². The molecule has 154 valence electrons. The summed E-state index contributed by atoms with van der Waals surface area (Å²) < 4.78 is 5.08. The number of urea groups is 1. The number of benzene rings is 1. The molecule has 2 amide bonds. The van der Waals surface area contributed by atoms with Crippen molar-refractivity contribution in [3.8, 4) is 0 Å². The van der Waals surface area contributed by atoms with E-state index in [-0.39, 0.29) is 6.04 Å². The SMILES string of the molecule is C=C/C(=C\C(=C)OC)C1\C=C/C=N/C(NC(=O)Nc2ccccc2)=C\NN1.CC. The number of nitrogens with zero attached hydrogens (tertiary/aromatic N) is 1. The van der Waals surface area contributed by atoms with Crippen LogP contribution in [0.1, 0.15) is 13.8 Å². The third-order valence-electron chi connectivity index (χ3n) is 3.51. The molecule has 0 saturated heterocycles. The van der Waals surface area contributed by atoms with Crippen molar-refractivity contribution in [2.75, 3.05) is 12.4 Å². The van der Waals surface area contributed by atoms with Crippen LogP contribution in [0.3, 0.4) is 0 Å². The van der Waals surface area contributed by atoms with Gasteiger partial charge in [-0.3, -0.25) is 5.32 Å². The first kappa shape index (κ1) is 23.5. The zero-order valence-corrected chi connectivity index (χ0v) is 17.1. The highest BCUT2D eigenvalue weighted by molar-refractivity contribution is 5.90. The van der Waals surface area contributed by atoms with Gasteiger partial charge in [0.05, 0.1) is 19.4 Å². The van der Waals surface area contributed by atoms with Gasteiger partial charge in [-0.25, -0.2) is 15.2 Å². The van der Waals surface area contributed by atoms with E-state index in [0.29, 0.717) is 17.3 Å². The lowest BCUT2D eigenvalue weighted by Gasteiger charge is -2.16. The molecule has 0 aliphatic carbocycles. The van der Waals surface area contributed by atoms with Gasteiger partial charge in [0.1, 0.15) is 5.76 Å². The third-order valence-corrected chi connectivity index (χ3v) is 3.51. The molecule has 1 unspecified atom stereocenters. The van der Waals surface area contributed by atoms with E-state index in [1.807, 2.05) is 38.1 Å². The number of hydrogen-bond donors (Lipinski definition) is 4. The number of aliphatic imine (C=N–C) groups is 1. The van der Waals surface area contributed by atoms with Gasteiger partial charge in [-0.2, -0.15) is 0 Å². The van der Waals surface area contributed by atoms with Gasteiger partial charge in [0, 0.05) is 11.9 Å². The van der Waals surface area contributed by atoms with Crippen LogP contribution in [0.4, 0.5) is 10.5 Å². The smallest absolute Gasteiger partial charge is 0.324 e. The number of anilines is 1. The maximum Gasteiger partial charge on any atom is 0.324 e. The van der Waals surface area contributed by atoms with Crippen LogP contribution in [0.25, 0.3) is 0 Å². The van der Waals surface area contributed by atoms with Gasteiger partial charge in [0.25, 0.3) is 0 Å². The van der Waals surface area contributed by atoms with Crippen LogP contribution >= 0.6 is 0 Å². The number of nitrogens with one attached hydrogen (secondary N) is 4. The van der Waals surface area contributed by atoms with Crippen molar-refractivity contribution < 1.29 is 9.53 Å². The molecule has 1 aliphatic heterocycles. The average molecular weight is 396 g/mol. The molecule has 1 aromatic carbocycles. The normalized spacial score (nSPS) is 19.8. The first-order valence-electron chi connectivity index (χ1n) is 9.24. The Morgan fingerprint density at radius 1 is 1.24 bits per heavy atom. The Bertz CT molecular complexity index is 795. The number of ether oxygens (including phenoxy) is 1. The second-order valence-corrected chi connectivity index (χ2v) is 5.42. The van der Waals surface area contributed by atoms with Gasteiger partial charge in [-0.1, -0.05) is 57.4 Å². The number of carbonyl (C=O) groups excluding carboxylic acids is 1. The summed E-state index contributed by atoms with van der Waals surface area (Å²) in [5.41, 5.74) is 7.56. The lowest BCUT2D eigenvalue weighted by atomic mass is 10.1.